The Morgan fingerprint density at radius 1 is 1.44 bits per heavy atom. The Morgan fingerprint density at radius 2 is 2.00 bits per heavy atom. The van der Waals surface area contributed by atoms with E-state index in [-0.39, 0.29) is 0 Å². The average molecular weight is 119 g/mol. The molecule has 1 rings (SSSR count). The zero-order valence-corrected chi connectivity index (χ0v) is 4.70. The van der Waals surface area contributed by atoms with Gasteiger partial charge in [-0.15, -0.1) is 6.42 Å². The smallest absolute Gasteiger partial charge is 0.204 e. The van der Waals surface area contributed by atoms with Crippen molar-refractivity contribution in [3.8, 4) is 12.3 Å². The first-order valence-electron chi connectivity index (χ1n) is 2.37. The van der Waals surface area contributed by atoms with Crippen LogP contribution in [0.1, 0.15) is 5.82 Å². The van der Waals surface area contributed by atoms with Gasteiger partial charge in [0.15, 0.2) is 0 Å². The largest absolute Gasteiger partial charge is 0.396 e. The van der Waals surface area contributed by atoms with Crippen molar-refractivity contribution in [1.29, 1.82) is 0 Å². The molecular weight excluding hydrogens is 114 g/mol. The number of hydrogen-bond donors (Lipinski definition) is 1. The predicted molar refractivity (Wildman–Crippen MR) is 34.4 cm³/mol. The first-order chi connectivity index (χ1) is 4.33. The molecule has 3 heteroatoms. The summed E-state index contributed by atoms with van der Waals surface area (Å²) in [6.07, 6.45) is 7.93. The van der Waals surface area contributed by atoms with Gasteiger partial charge >= 0.3 is 0 Å². The van der Waals surface area contributed by atoms with Gasteiger partial charge in [-0.3, -0.25) is 0 Å². The molecule has 3 nitrogen and oxygen atoms in total. The summed E-state index contributed by atoms with van der Waals surface area (Å²) in [5.41, 5.74) is 5.81. The molecule has 0 amide bonds. The number of rotatable bonds is 0. The number of nitrogen functional groups attached to an aromatic ring is 1. The summed E-state index contributed by atoms with van der Waals surface area (Å²) in [4.78, 5) is 7.45. The SMILES string of the molecule is C#Cc1ncc(N)cn1. The van der Waals surface area contributed by atoms with Gasteiger partial charge in [-0.25, -0.2) is 9.97 Å². The molecule has 1 heterocycles. The molecule has 0 saturated heterocycles. The Hall–Kier alpha value is -1.56. The van der Waals surface area contributed by atoms with Gasteiger partial charge in [0.25, 0.3) is 0 Å². The molecule has 0 aliphatic carbocycles. The maximum atomic E-state index is 5.29. The highest BCUT2D eigenvalue weighted by molar-refractivity contribution is 5.32. The van der Waals surface area contributed by atoms with Gasteiger partial charge in [0, 0.05) is 0 Å². The fourth-order valence-corrected chi connectivity index (χ4v) is 0.413. The molecule has 9 heavy (non-hydrogen) atoms. The van der Waals surface area contributed by atoms with Crippen molar-refractivity contribution < 1.29 is 0 Å². The minimum Gasteiger partial charge on any atom is -0.396 e. The highest BCUT2D eigenvalue weighted by Gasteiger charge is 1.86. The molecule has 0 bridgehead atoms. The lowest BCUT2D eigenvalue weighted by atomic mass is 10.5. The third kappa shape index (κ3) is 1.16. The van der Waals surface area contributed by atoms with Gasteiger partial charge in [-0.1, -0.05) is 0 Å². The number of nitrogens with zero attached hydrogens (tertiary/aromatic N) is 2. The topological polar surface area (TPSA) is 51.8 Å². The standard InChI is InChI=1S/C6H5N3/c1-2-6-8-3-5(7)4-9-6/h1,3-4H,7H2. The van der Waals surface area contributed by atoms with E-state index < -0.39 is 0 Å². The van der Waals surface area contributed by atoms with Crippen LogP contribution in [0.15, 0.2) is 12.4 Å². The molecule has 1 aromatic heterocycles. The van der Waals surface area contributed by atoms with Gasteiger partial charge in [0.2, 0.25) is 5.82 Å². The molecule has 0 aliphatic heterocycles. The highest BCUT2D eigenvalue weighted by Crippen LogP contribution is 1.93. The molecule has 0 radical (unpaired) electrons. The summed E-state index contributed by atoms with van der Waals surface area (Å²) in [6.45, 7) is 0. The second-order valence-electron chi connectivity index (χ2n) is 1.48. The summed E-state index contributed by atoms with van der Waals surface area (Å²) in [5.74, 6) is 2.64. The molecule has 2 N–H and O–H groups in total. The van der Waals surface area contributed by atoms with Crippen molar-refractivity contribution in [3.63, 3.8) is 0 Å². The van der Waals surface area contributed by atoms with Crippen LogP contribution in [0.3, 0.4) is 0 Å². The Labute approximate surface area is 52.9 Å². The molecule has 0 atom stereocenters. The second-order valence-corrected chi connectivity index (χ2v) is 1.48. The normalized spacial score (nSPS) is 8.33. The highest BCUT2D eigenvalue weighted by atomic mass is 14.9. The molecular formula is C6H5N3. The van der Waals surface area contributed by atoms with E-state index in [2.05, 4.69) is 15.9 Å². The van der Waals surface area contributed by atoms with Crippen LogP contribution >= 0.6 is 0 Å². The molecule has 0 aliphatic rings. The summed E-state index contributed by atoms with van der Waals surface area (Å²) in [5, 5.41) is 0. The Balaban J connectivity index is 3.06. The van der Waals surface area contributed by atoms with Crippen molar-refractivity contribution in [2.24, 2.45) is 0 Å². The third-order valence-electron chi connectivity index (χ3n) is 0.801. The molecule has 0 aromatic carbocycles. The average Bonchev–Trinajstić information content (AvgIpc) is 1.90. The van der Waals surface area contributed by atoms with E-state index in [4.69, 9.17) is 12.2 Å². The predicted octanol–water partition coefficient (Wildman–Crippen LogP) is 0.0401. The zero-order chi connectivity index (χ0) is 6.69. The fourth-order valence-electron chi connectivity index (χ4n) is 0.413. The van der Waals surface area contributed by atoms with Gasteiger partial charge < -0.3 is 5.73 Å². The maximum absolute atomic E-state index is 5.29. The maximum Gasteiger partial charge on any atom is 0.204 e. The molecule has 0 saturated carbocycles. The Kier molecular flexibility index (Phi) is 1.32. The van der Waals surface area contributed by atoms with Gasteiger partial charge in [0.05, 0.1) is 18.1 Å². The lowest BCUT2D eigenvalue weighted by molar-refractivity contribution is 1.13. The van der Waals surface area contributed by atoms with Crippen LogP contribution in [0.2, 0.25) is 0 Å². The summed E-state index contributed by atoms with van der Waals surface area (Å²) < 4.78 is 0. The van der Waals surface area contributed by atoms with Crippen molar-refractivity contribution in [1.82, 2.24) is 9.97 Å². The lowest BCUT2D eigenvalue weighted by Gasteiger charge is -1.88. The Bertz CT molecular complexity index is 231. The van der Waals surface area contributed by atoms with E-state index in [1.807, 2.05) is 0 Å². The van der Waals surface area contributed by atoms with Crippen molar-refractivity contribution >= 4 is 5.69 Å². The fraction of sp³-hybridized carbons (Fsp3) is 0. The number of anilines is 1. The van der Waals surface area contributed by atoms with E-state index in [0.29, 0.717) is 11.5 Å². The first-order valence-corrected chi connectivity index (χ1v) is 2.37. The van der Waals surface area contributed by atoms with Gasteiger partial charge in [0.1, 0.15) is 0 Å². The number of nitrogens with two attached hydrogens (primary N) is 1. The van der Waals surface area contributed by atoms with Crippen LogP contribution in [0.4, 0.5) is 5.69 Å². The quantitative estimate of drug-likeness (QED) is 0.490. The van der Waals surface area contributed by atoms with Crippen molar-refractivity contribution in [2.75, 3.05) is 5.73 Å². The first kappa shape index (κ1) is 5.57. The minimum absolute atomic E-state index is 0.365. The van der Waals surface area contributed by atoms with Crippen LogP contribution in [-0.2, 0) is 0 Å². The van der Waals surface area contributed by atoms with Gasteiger partial charge in [-0.05, 0) is 5.92 Å². The van der Waals surface area contributed by atoms with Crippen LogP contribution in [-0.4, -0.2) is 9.97 Å². The zero-order valence-electron chi connectivity index (χ0n) is 4.70. The van der Waals surface area contributed by atoms with E-state index >= 15 is 0 Å². The number of hydrogen-bond acceptors (Lipinski definition) is 3. The summed E-state index contributed by atoms with van der Waals surface area (Å²) in [6, 6.07) is 0. The second kappa shape index (κ2) is 2.14. The van der Waals surface area contributed by atoms with Crippen LogP contribution < -0.4 is 5.73 Å². The van der Waals surface area contributed by atoms with E-state index in [1.54, 1.807) is 0 Å². The van der Waals surface area contributed by atoms with Crippen LogP contribution in [0, 0.1) is 12.3 Å². The Morgan fingerprint density at radius 3 is 2.44 bits per heavy atom. The van der Waals surface area contributed by atoms with Crippen LogP contribution in [0.25, 0.3) is 0 Å². The third-order valence-corrected chi connectivity index (χ3v) is 0.801. The summed E-state index contributed by atoms with van der Waals surface area (Å²) >= 11 is 0. The molecule has 1 aromatic rings. The van der Waals surface area contributed by atoms with Gasteiger partial charge in [-0.2, -0.15) is 0 Å². The molecule has 0 spiro atoms. The number of aromatic nitrogens is 2. The van der Waals surface area contributed by atoms with Crippen LogP contribution in [0.5, 0.6) is 0 Å². The summed E-state index contributed by atoms with van der Waals surface area (Å²) in [7, 11) is 0. The monoisotopic (exact) mass is 119 g/mol. The minimum atomic E-state index is 0.365. The van der Waals surface area contributed by atoms with Crippen molar-refractivity contribution in [3.05, 3.63) is 18.2 Å². The number of terminal acetylenes is 1. The van der Waals surface area contributed by atoms with E-state index in [1.165, 1.54) is 12.4 Å². The molecule has 0 unspecified atom stereocenters. The van der Waals surface area contributed by atoms with E-state index in [9.17, 15) is 0 Å². The lowest BCUT2D eigenvalue weighted by Crippen LogP contribution is -1.91. The molecule has 0 fully saturated rings. The molecule has 44 valence electrons. The van der Waals surface area contributed by atoms with Crippen molar-refractivity contribution in [2.45, 2.75) is 0 Å². The van der Waals surface area contributed by atoms with E-state index in [0.717, 1.165) is 0 Å².